The molecule has 1 aliphatic heterocycles. The molecule has 0 radical (unpaired) electrons. The van der Waals surface area contributed by atoms with E-state index in [2.05, 4.69) is 14.9 Å². The zero-order valence-electron chi connectivity index (χ0n) is 13.9. The molecule has 0 spiro atoms. The first-order chi connectivity index (χ1) is 11.7. The minimum Gasteiger partial charge on any atom is -0.439 e. The van der Waals surface area contributed by atoms with Gasteiger partial charge < -0.3 is 15.4 Å². The van der Waals surface area contributed by atoms with Crippen molar-refractivity contribution in [2.24, 2.45) is 10.7 Å². The van der Waals surface area contributed by atoms with Crippen molar-refractivity contribution in [3.63, 3.8) is 0 Å². The molecular weight excluding hydrogens is 434 g/mol. The first-order valence-electron chi connectivity index (χ1n) is 8.14. The summed E-state index contributed by atoms with van der Waals surface area (Å²) in [5, 5.41) is 0. The fourth-order valence-corrected chi connectivity index (χ4v) is 2.67. The molecule has 3 rings (SSSR count). The van der Waals surface area contributed by atoms with Crippen LogP contribution in [0.4, 0.5) is 4.39 Å². The number of nitrogens with two attached hydrogens (primary N) is 1. The molecule has 7 heteroatoms. The molecule has 1 aliphatic rings. The van der Waals surface area contributed by atoms with Gasteiger partial charge in [-0.1, -0.05) is 12.1 Å². The molecule has 1 fully saturated rings. The SMILES string of the molecule is I.NC(=NCc1cccnc1Oc1cccc(F)c1)N1CCCCC1. The van der Waals surface area contributed by atoms with Crippen LogP contribution in [0.3, 0.4) is 0 Å². The van der Waals surface area contributed by atoms with Gasteiger partial charge in [0.15, 0.2) is 5.96 Å². The van der Waals surface area contributed by atoms with Gasteiger partial charge in [0.2, 0.25) is 5.88 Å². The van der Waals surface area contributed by atoms with Crippen molar-refractivity contribution in [3.8, 4) is 11.6 Å². The third-order valence-electron chi connectivity index (χ3n) is 3.95. The first-order valence-corrected chi connectivity index (χ1v) is 8.14. The van der Waals surface area contributed by atoms with Crippen LogP contribution in [0.15, 0.2) is 47.6 Å². The van der Waals surface area contributed by atoms with Crippen LogP contribution in [0.1, 0.15) is 24.8 Å². The summed E-state index contributed by atoms with van der Waals surface area (Å²) in [5.74, 6) is 1.02. The minimum atomic E-state index is -0.350. The fraction of sp³-hybridized carbons (Fsp3) is 0.333. The second-order valence-corrected chi connectivity index (χ2v) is 5.75. The van der Waals surface area contributed by atoms with Crippen molar-refractivity contribution >= 4 is 29.9 Å². The average molecular weight is 456 g/mol. The van der Waals surface area contributed by atoms with Gasteiger partial charge >= 0.3 is 0 Å². The molecule has 1 saturated heterocycles. The molecule has 5 nitrogen and oxygen atoms in total. The Kier molecular flexibility index (Phi) is 7.42. The fourth-order valence-electron chi connectivity index (χ4n) is 2.67. The molecule has 1 aromatic heterocycles. The van der Waals surface area contributed by atoms with E-state index in [0.29, 0.717) is 24.1 Å². The van der Waals surface area contributed by atoms with Gasteiger partial charge in [0.25, 0.3) is 0 Å². The number of pyridine rings is 1. The predicted octanol–water partition coefficient (Wildman–Crippen LogP) is 3.93. The molecule has 2 N–H and O–H groups in total. The van der Waals surface area contributed by atoms with Crippen molar-refractivity contribution in [3.05, 3.63) is 54.0 Å². The van der Waals surface area contributed by atoms with E-state index in [4.69, 9.17) is 10.5 Å². The Balaban J connectivity index is 0.00000225. The second kappa shape index (κ2) is 9.55. The summed E-state index contributed by atoms with van der Waals surface area (Å²) in [7, 11) is 0. The van der Waals surface area contributed by atoms with Gasteiger partial charge in [0.1, 0.15) is 11.6 Å². The number of halogens is 2. The summed E-state index contributed by atoms with van der Waals surface area (Å²) < 4.78 is 19.0. The van der Waals surface area contributed by atoms with Crippen molar-refractivity contribution in [1.82, 2.24) is 9.88 Å². The Morgan fingerprint density at radius 2 is 2.00 bits per heavy atom. The Labute approximate surface area is 164 Å². The number of piperidine rings is 1. The molecule has 1 aromatic carbocycles. The quantitative estimate of drug-likeness (QED) is 0.430. The van der Waals surface area contributed by atoms with Crippen LogP contribution in [0.25, 0.3) is 0 Å². The molecule has 0 atom stereocenters. The summed E-state index contributed by atoms with van der Waals surface area (Å²) in [6, 6.07) is 9.68. The Bertz CT molecular complexity index is 720. The van der Waals surface area contributed by atoms with E-state index in [9.17, 15) is 4.39 Å². The van der Waals surface area contributed by atoms with Crippen molar-refractivity contribution in [1.29, 1.82) is 0 Å². The number of benzene rings is 1. The predicted molar refractivity (Wildman–Crippen MR) is 107 cm³/mol. The molecule has 0 amide bonds. The van der Waals surface area contributed by atoms with E-state index in [-0.39, 0.29) is 29.8 Å². The minimum absolute atomic E-state index is 0. The van der Waals surface area contributed by atoms with Crippen LogP contribution < -0.4 is 10.5 Å². The summed E-state index contributed by atoms with van der Waals surface area (Å²) in [6.07, 6.45) is 5.18. The highest BCUT2D eigenvalue weighted by molar-refractivity contribution is 14.0. The van der Waals surface area contributed by atoms with E-state index >= 15 is 0 Å². The molecular formula is C18H22FIN4O. The van der Waals surface area contributed by atoms with E-state index in [1.807, 2.05) is 12.1 Å². The van der Waals surface area contributed by atoms with Crippen molar-refractivity contribution in [2.45, 2.75) is 25.8 Å². The zero-order chi connectivity index (χ0) is 16.8. The number of likely N-dealkylation sites (tertiary alicyclic amines) is 1. The monoisotopic (exact) mass is 456 g/mol. The number of ether oxygens (including phenoxy) is 1. The lowest BCUT2D eigenvalue weighted by Crippen LogP contribution is -2.40. The topological polar surface area (TPSA) is 63.7 Å². The molecule has 134 valence electrons. The Hall–Kier alpha value is -1.90. The maximum atomic E-state index is 13.3. The molecule has 0 saturated carbocycles. The van der Waals surface area contributed by atoms with Crippen LogP contribution in [0.5, 0.6) is 11.6 Å². The number of hydrogen-bond acceptors (Lipinski definition) is 3. The third kappa shape index (κ3) is 5.55. The lowest BCUT2D eigenvalue weighted by atomic mass is 10.1. The smallest absolute Gasteiger partial charge is 0.224 e. The van der Waals surface area contributed by atoms with Crippen molar-refractivity contribution < 1.29 is 9.13 Å². The van der Waals surface area contributed by atoms with E-state index in [0.717, 1.165) is 31.5 Å². The number of rotatable bonds is 4. The van der Waals surface area contributed by atoms with Gasteiger partial charge in [-0.25, -0.2) is 14.4 Å². The summed E-state index contributed by atoms with van der Waals surface area (Å²) in [5.41, 5.74) is 6.89. The highest BCUT2D eigenvalue weighted by atomic mass is 127. The van der Waals surface area contributed by atoms with Crippen LogP contribution >= 0.6 is 24.0 Å². The van der Waals surface area contributed by atoms with Gasteiger partial charge in [0, 0.05) is 30.9 Å². The summed E-state index contributed by atoms with van der Waals surface area (Å²) in [4.78, 5) is 10.8. The number of aromatic nitrogens is 1. The summed E-state index contributed by atoms with van der Waals surface area (Å²) in [6.45, 7) is 2.28. The second-order valence-electron chi connectivity index (χ2n) is 5.75. The molecule has 25 heavy (non-hydrogen) atoms. The lowest BCUT2D eigenvalue weighted by Gasteiger charge is -2.27. The Morgan fingerprint density at radius 3 is 2.76 bits per heavy atom. The highest BCUT2D eigenvalue weighted by Crippen LogP contribution is 2.24. The first kappa shape index (κ1) is 19.4. The molecule has 2 heterocycles. The number of guanidine groups is 1. The number of hydrogen-bond donors (Lipinski definition) is 1. The molecule has 0 unspecified atom stereocenters. The maximum Gasteiger partial charge on any atom is 0.224 e. The third-order valence-corrected chi connectivity index (χ3v) is 3.95. The standard InChI is InChI=1S/C18H21FN4O.HI/c19-15-7-4-8-16(12-15)24-17-14(6-5-9-21-17)13-22-18(20)23-10-2-1-3-11-23;/h4-9,12H,1-3,10-11,13H2,(H2,20,22);1H. The largest absolute Gasteiger partial charge is 0.439 e. The van der Waals surface area contributed by atoms with Crippen molar-refractivity contribution in [2.75, 3.05) is 13.1 Å². The molecule has 2 aromatic rings. The van der Waals surface area contributed by atoms with Gasteiger partial charge in [0.05, 0.1) is 6.54 Å². The van der Waals surface area contributed by atoms with Crippen LogP contribution in [0, 0.1) is 5.82 Å². The maximum absolute atomic E-state index is 13.3. The summed E-state index contributed by atoms with van der Waals surface area (Å²) >= 11 is 0. The van der Waals surface area contributed by atoms with Gasteiger partial charge in [-0.2, -0.15) is 0 Å². The van der Waals surface area contributed by atoms with Crippen LogP contribution in [-0.2, 0) is 6.54 Å². The zero-order valence-corrected chi connectivity index (χ0v) is 16.2. The van der Waals surface area contributed by atoms with E-state index < -0.39 is 0 Å². The molecule has 0 aliphatic carbocycles. The van der Waals surface area contributed by atoms with E-state index in [1.54, 1.807) is 18.3 Å². The van der Waals surface area contributed by atoms with Crippen LogP contribution in [0.2, 0.25) is 0 Å². The number of aliphatic imine (C=N–C) groups is 1. The Morgan fingerprint density at radius 1 is 1.20 bits per heavy atom. The van der Waals surface area contributed by atoms with Crippen LogP contribution in [-0.4, -0.2) is 28.9 Å². The van der Waals surface area contributed by atoms with Gasteiger partial charge in [-0.15, -0.1) is 24.0 Å². The van der Waals surface area contributed by atoms with Gasteiger partial charge in [-0.05, 0) is 37.5 Å². The average Bonchev–Trinajstić information content (AvgIpc) is 2.61. The normalized spacial score (nSPS) is 14.8. The number of nitrogens with zero attached hydrogens (tertiary/aromatic N) is 3. The highest BCUT2D eigenvalue weighted by Gasteiger charge is 2.12. The van der Waals surface area contributed by atoms with Gasteiger partial charge in [-0.3, -0.25) is 0 Å². The molecule has 0 bridgehead atoms. The van der Waals surface area contributed by atoms with E-state index in [1.165, 1.54) is 18.6 Å². The lowest BCUT2D eigenvalue weighted by molar-refractivity contribution is 0.338.